The van der Waals surface area contributed by atoms with E-state index in [9.17, 15) is 9.59 Å². The number of aromatic nitrogens is 1. The molecule has 1 aromatic heterocycles. The van der Waals surface area contributed by atoms with E-state index in [1.165, 1.54) is 0 Å². The number of benzene rings is 1. The van der Waals surface area contributed by atoms with E-state index in [1.807, 2.05) is 42.1 Å². The molecule has 1 fully saturated rings. The minimum absolute atomic E-state index is 0.00972. The van der Waals surface area contributed by atoms with Gasteiger partial charge in [-0.25, -0.2) is 0 Å². The predicted octanol–water partition coefficient (Wildman–Crippen LogP) is 2.20. The Bertz CT molecular complexity index is 762. The van der Waals surface area contributed by atoms with Crippen molar-refractivity contribution in [2.75, 3.05) is 19.8 Å². The zero-order valence-corrected chi connectivity index (χ0v) is 14.5. The first-order chi connectivity index (χ1) is 12.1. The molecule has 0 saturated carbocycles. The molecular weight excluding hydrogens is 320 g/mol. The van der Waals surface area contributed by atoms with Crippen molar-refractivity contribution in [2.24, 2.45) is 7.05 Å². The molecule has 1 amide bonds. The Kier molecular flexibility index (Phi) is 5.38. The Morgan fingerprint density at radius 2 is 2.00 bits per heavy atom. The van der Waals surface area contributed by atoms with Gasteiger partial charge in [0.1, 0.15) is 0 Å². The number of carboxylic acids is 1. The second kappa shape index (κ2) is 7.70. The Balaban J connectivity index is 1.79. The van der Waals surface area contributed by atoms with Crippen LogP contribution in [0.2, 0.25) is 0 Å². The number of rotatable bonds is 6. The Labute approximate surface area is 147 Å². The summed E-state index contributed by atoms with van der Waals surface area (Å²) in [6, 6.07) is 8.07. The van der Waals surface area contributed by atoms with Crippen LogP contribution in [0.4, 0.5) is 0 Å². The van der Waals surface area contributed by atoms with Crippen molar-refractivity contribution in [3.63, 3.8) is 0 Å². The van der Waals surface area contributed by atoms with Crippen LogP contribution >= 0.6 is 0 Å². The molecule has 1 aromatic carbocycles. The summed E-state index contributed by atoms with van der Waals surface area (Å²) in [7, 11) is 1.97. The van der Waals surface area contributed by atoms with Gasteiger partial charge in [0, 0.05) is 49.9 Å². The van der Waals surface area contributed by atoms with Crippen molar-refractivity contribution < 1.29 is 19.4 Å². The molecule has 0 bridgehead atoms. The smallest absolute Gasteiger partial charge is 0.305 e. The van der Waals surface area contributed by atoms with E-state index < -0.39 is 5.97 Å². The lowest BCUT2D eigenvalue weighted by molar-refractivity contribution is -0.140. The number of fused-ring (bicyclic) bond motifs is 1. The fourth-order valence-corrected chi connectivity index (χ4v) is 3.55. The first kappa shape index (κ1) is 17.5. The minimum Gasteiger partial charge on any atom is -0.481 e. The van der Waals surface area contributed by atoms with Crippen molar-refractivity contribution >= 4 is 22.8 Å². The van der Waals surface area contributed by atoms with Crippen molar-refractivity contribution in [1.82, 2.24) is 9.47 Å². The molecule has 1 aliphatic heterocycles. The summed E-state index contributed by atoms with van der Waals surface area (Å²) in [6.07, 6.45) is 3.78. The number of para-hydroxylation sites is 1. The minimum atomic E-state index is -0.880. The van der Waals surface area contributed by atoms with Crippen molar-refractivity contribution in [1.29, 1.82) is 0 Å². The van der Waals surface area contributed by atoms with Crippen LogP contribution in [0.1, 0.15) is 24.8 Å². The monoisotopic (exact) mass is 344 g/mol. The van der Waals surface area contributed by atoms with Crippen LogP contribution in [0, 0.1) is 0 Å². The van der Waals surface area contributed by atoms with Gasteiger partial charge in [-0.3, -0.25) is 9.59 Å². The number of ether oxygens (including phenoxy) is 1. The Morgan fingerprint density at radius 1 is 1.28 bits per heavy atom. The lowest BCUT2D eigenvalue weighted by Crippen LogP contribution is -2.45. The van der Waals surface area contributed by atoms with Gasteiger partial charge in [-0.15, -0.1) is 0 Å². The molecule has 6 heteroatoms. The van der Waals surface area contributed by atoms with E-state index in [0.29, 0.717) is 19.6 Å². The third-order valence-electron chi connectivity index (χ3n) is 4.84. The van der Waals surface area contributed by atoms with E-state index in [-0.39, 0.29) is 24.9 Å². The lowest BCUT2D eigenvalue weighted by Gasteiger charge is -2.34. The molecule has 0 spiro atoms. The molecule has 1 saturated heterocycles. The number of aryl methyl sites for hydroxylation is 1. The van der Waals surface area contributed by atoms with Crippen LogP contribution in [0.25, 0.3) is 10.9 Å². The fraction of sp³-hybridized carbons (Fsp3) is 0.474. The maximum Gasteiger partial charge on any atom is 0.305 e. The number of aliphatic carboxylic acids is 1. The zero-order chi connectivity index (χ0) is 17.8. The largest absolute Gasteiger partial charge is 0.481 e. The van der Waals surface area contributed by atoms with Crippen LogP contribution in [-0.2, 0) is 27.8 Å². The normalized spacial score (nSPS) is 15.4. The topological polar surface area (TPSA) is 71.8 Å². The quantitative estimate of drug-likeness (QED) is 0.872. The highest BCUT2D eigenvalue weighted by Crippen LogP contribution is 2.23. The number of hydrogen-bond donors (Lipinski definition) is 1. The third kappa shape index (κ3) is 4.02. The number of carbonyl (C=O) groups excluding carboxylic acids is 1. The van der Waals surface area contributed by atoms with E-state index >= 15 is 0 Å². The molecule has 0 radical (unpaired) electrons. The van der Waals surface area contributed by atoms with Crippen LogP contribution in [-0.4, -0.2) is 52.3 Å². The Morgan fingerprint density at radius 3 is 2.72 bits per heavy atom. The molecule has 0 aliphatic carbocycles. The number of amides is 1. The van der Waals surface area contributed by atoms with Crippen molar-refractivity contribution in [3.8, 4) is 0 Å². The van der Waals surface area contributed by atoms with Crippen molar-refractivity contribution in [3.05, 3.63) is 36.0 Å². The SMILES string of the molecule is Cn1cc(CC(=O)N(CCC(=O)O)C2CCOCC2)c2ccccc21. The van der Waals surface area contributed by atoms with E-state index in [2.05, 4.69) is 0 Å². The summed E-state index contributed by atoms with van der Waals surface area (Å²) in [4.78, 5) is 25.7. The van der Waals surface area contributed by atoms with Crippen LogP contribution in [0.5, 0.6) is 0 Å². The molecule has 0 atom stereocenters. The summed E-state index contributed by atoms with van der Waals surface area (Å²) in [5.41, 5.74) is 2.07. The first-order valence-corrected chi connectivity index (χ1v) is 8.68. The predicted molar refractivity (Wildman–Crippen MR) is 94.4 cm³/mol. The maximum atomic E-state index is 13.0. The van der Waals surface area contributed by atoms with Crippen molar-refractivity contribution in [2.45, 2.75) is 31.7 Å². The fourth-order valence-electron chi connectivity index (χ4n) is 3.55. The molecule has 2 aromatic rings. The molecule has 3 rings (SSSR count). The standard InChI is InChI=1S/C19H24N2O4/c1-20-13-14(16-4-2-3-5-17(16)20)12-18(22)21(9-6-19(23)24)15-7-10-25-11-8-15/h2-5,13,15H,6-12H2,1H3,(H,23,24). The molecule has 2 heterocycles. The number of hydrogen-bond acceptors (Lipinski definition) is 3. The molecule has 1 aliphatic rings. The summed E-state index contributed by atoms with van der Waals surface area (Å²) in [6.45, 7) is 1.50. The van der Waals surface area contributed by atoms with Gasteiger partial charge in [0.05, 0.1) is 12.8 Å². The average Bonchev–Trinajstić information content (AvgIpc) is 2.92. The zero-order valence-electron chi connectivity index (χ0n) is 14.5. The molecule has 134 valence electrons. The van der Waals surface area contributed by atoms with Crippen LogP contribution in [0.15, 0.2) is 30.5 Å². The highest BCUT2D eigenvalue weighted by molar-refractivity contribution is 5.89. The highest BCUT2D eigenvalue weighted by atomic mass is 16.5. The van der Waals surface area contributed by atoms with Gasteiger partial charge >= 0.3 is 5.97 Å². The number of nitrogens with zero attached hydrogens (tertiary/aromatic N) is 2. The van der Waals surface area contributed by atoms with Gasteiger partial charge in [0.15, 0.2) is 0 Å². The molecule has 1 N–H and O–H groups in total. The van der Waals surface area contributed by atoms with Crippen LogP contribution in [0.3, 0.4) is 0 Å². The van der Waals surface area contributed by atoms with Gasteiger partial charge < -0.3 is 19.3 Å². The third-order valence-corrected chi connectivity index (χ3v) is 4.84. The maximum absolute atomic E-state index is 13.0. The molecule has 0 unspecified atom stereocenters. The van der Waals surface area contributed by atoms with E-state index in [4.69, 9.17) is 9.84 Å². The first-order valence-electron chi connectivity index (χ1n) is 8.68. The molecular formula is C19H24N2O4. The average molecular weight is 344 g/mol. The summed E-state index contributed by atoms with van der Waals surface area (Å²) in [5, 5.41) is 10.1. The van der Waals surface area contributed by atoms with Gasteiger partial charge in [0.2, 0.25) is 5.91 Å². The Hall–Kier alpha value is -2.34. The van der Waals surface area contributed by atoms with E-state index in [1.54, 1.807) is 4.90 Å². The summed E-state index contributed by atoms with van der Waals surface area (Å²) >= 11 is 0. The lowest BCUT2D eigenvalue weighted by atomic mass is 10.0. The van der Waals surface area contributed by atoms with Gasteiger partial charge in [-0.1, -0.05) is 18.2 Å². The number of carbonyl (C=O) groups is 2. The van der Waals surface area contributed by atoms with E-state index in [0.717, 1.165) is 29.3 Å². The molecule has 6 nitrogen and oxygen atoms in total. The van der Waals surface area contributed by atoms with Gasteiger partial charge in [0.25, 0.3) is 0 Å². The van der Waals surface area contributed by atoms with Crippen LogP contribution < -0.4 is 0 Å². The highest BCUT2D eigenvalue weighted by Gasteiger charge is 2.26. The number of carboxylic acid groups (broad SMARTS) is 1. The molecule has 25 heavy (non-hydrogen) atoms. The summed E-state index contributed by atoms with van der Waals surface area (Å²) < 4.78 is 7.40. The second-order valence-electron chi connectivity index (χ2n) is 6.53. The van der Waals surface area contributed by atoms with Gasteiger partial charge in [-0.05, 0) is 24.5 Å². The van der Waals surface area contributed by atoms with Gasteiger partial charge in [-0.2, -0.15) is 0 Å². The second-order valence-corrected chi connectivity index (χ2v) is 6.53. The summed E-state index contributed by atoms with van der Waals surface area (Å²) in [5.74, 6) is -0.889.